The number of aromatic nitrogens is 1. The Kier molecular flexibility index (Phi) is 5.14. The third-order valence-electron chi connectivity index (χ3n) is 3.32. The van der Waals surface area contributed by atoms with Gasteiger partial charge in [0, 0.05) is 12.5 Å². The average molecular weight is 262 g/mol. The Hall–Kier alpha value is -0.930. The highest BCUT2D eigenvalue weighted by molar-refractivity contribution is 7.18. The predicted molar refractivity (Wildman–Crippen MR) is 80.3 cm³/mol. The molecule has 1 atom stereocenters. The molecular formula is C15H22N2S. The van der Waals surface area contributed by atoms with Crippen molar-refractivity contribution in [2.45, 2.75) is 45.1 Å². The van der Waals surface area contributed by atoms with E-state index in [1.807, 2.05) is 11.3 Å². The molecule has 18 heavy (non-hydrogen) atoms. The van der Waals surface area contributed by atoms with Gasteiger partial charge in [-0.15, -0.1) is 11.3 Å². The number of nitrogens with one attached hydrogen (secondary N) is 1. The molecule has 0 amide bonds. The Morgan fingerprint density at radius 2 is 2.11 bits per heavy atom. The van der Waals surface area contributed by atoms with Crippen molar-refractivity contribution < 1.29 is 0 Å². The zero-order chi connectivity index (χ0) is 12.8. The third-order valence-corrected chi connectivity index (χ3v) is 4.38. The van der Waals surface area contributed by atoms with E-state index in [0.29, 0.717) is 6.04 Å². The standard InChI is InChI=1S/C15H22N2S/c1-3-4-5-8-12(16-2)11-15-17-13-9-6-7-10-14(13)18-15/h6-7,9-10,12,16H,3-5,8,11H2,1-2H3. The molecule has 0 bridgehead atoms. The molecule has 0 saturated heterocycles. The lowest BCUT2D eigenvalue weighted by atomic mass is 10.1. The monoisotopic (exact) mass is 262 g/mol. The molecular weight excluding hydrogens is 240 g/mol. The fourth-order valence-electron chi connectivity index (χ4n) is 2.21. The lowest BCUT2D eigenvalue weighted by Crippen LogP contribution is -2.27. The van der Waals surface area contributed by atoms with Gasteiger partial charge in [0.05, 0.1) is 15.2 Å². The Labute approximate surface area is 113 Å². The molecule has 98 valence electrons. The molecule has 1 N–H and O–H groups in total. The second-order valence-electron chi connectivity index (χ2n) is 4.76. The lowest BCUT2D eigenvalue weighted by Gasteiger charge is -2.14. The van der Waals surface area contributed by atoms with Gasteiger partial charge in [-0.25, -0.2) is 4.98 Å². The molecule has 1 aromatic heterocycles. The van der Waals surface area contributed by atoms with E-state index in [2.05, 4.69) is 43.6 Å². The zero-order valence-electron chi connectivity index (χ0n) is 11.3. The van der Waals surface area contributed by atoms with E-state index in [1.165, 1.54) is 35.4 Å². The van der Waals surface area contributed by atoms with Gasteiger partial charge in [-0.05, 0) is 25.6 Å². The van der Waals surface area contributed by atoms with E-state index in [0.717, 1.165) is 11.9 Å². The highest BCUT2D eigenvalue weighted by Crippen LogP contribution is 2.23. The summed E-state index contributed by atoms with van der Waals surface area (Å²) in [5, 5.41) is 4.68. The Bertz CT molecular complexity index is 445. The van der Waals surface area contributed by atoms with Crippen LogP contribution in [0.15, 0.2) is 24.3 Å². The van der Waals surface area contributed by atoms with Crippen LogP contribution in [0.1, 0.15) is 37.6 Å². The minimum atomic E-state index is 0.567. The zero-order valence-corrected chi connectivity index (χ0v) is 12.1. The number of fused-ring (bicyclic) bond motifs is 1. The molecule has 0 spiro atoms. The molecule has 2 rings (SSSR count). The van der Waals surface area contributed by atoms with E-state index in [4.69, 9.17) is 4.98 Å². The maximum absolute atomic E-state index is 4.71. The van der Waals surface area contributed by atoms with Gasteiger partial charge in [0.1, 0.15) is 0 Å². The number of benzene rings is 1. The summed E-state index contributed by atoms with van der Waals surface area (Å²) in [6.45, 7) is 2.25. The quantitative estimate of drug-likeness (QED) is 0.763. The molecule has 0 aliphatic heterocycles. The van der Waals surface area contributed by atoms with E-state index >= 15 is 0 Å². The van der Waals surface area contributed by atoms with Gasteiger partial charge in [-0.1, -0.05) is 38.3 Å². The second kappa shape index (κ2) is 6.86. The van der Waals surface area contributed by atoms with Crippen LogP contribution >= 0.6 is 11.3 Å². The summed E-state index contributed by atoms with van der Waals surface area (Å²) in [5.74, 6) is 0. The number of rotatable bonds is 7. The fraction of sp³-hybridized carbons (Fsp3) is 0.533. The van der Waals surface area contributed by atoms with Crippen molar-refractivity contribution in [3.63, 3.8) is 0 Å². The molecule has 1 heterocycles. The first-order chi connectivity index (χ1) is 8.83. The number of hydrogen-bond acceptors (Lipinski definition) is 3. The molecule has 0 saturated carbocycles. The largest absolute Gasteiger partial charge is 0.317 e. The first-order valence-electron chi connectivity index (χ1n) is 6.85. The molecule has 2 aromatic rings. The Morgan fingerprint density at radius 1 is 1.28 bits per heavy atom. The Balaban J connectivity index is 1.97. The van der Waals surface area contributed by atoms with Gasteiger partial charge in [-0.3, -0.25) is 0 Å². The van der Waals surface area contributed by atoms with Crippen molar-refractivity contribution in [2.24, 2.45) is 0 Å². The first kappa shape index (κ1) is 13.5. The minimum absolute atomic E-state index is 0.567. The van der Waals surface area contributed by atoms with Crippen LogP contribution in [-0.4, -0.2) is 18.1 Å². The first-order valence-corrected chi connectivity index (χ1v) is 7.67. The summed E-state index contributed by atoms with van der Waals surface area (Å²) in [7, 11) is 2.06. The van der Waals surface area contributed by atoms with Crippen LogP contribution < -0.4 is 5.32 Å². The SMILES string of the molecule is CCCCCC(Cc1nc2ccccc2s1)NC. The molecule has 1 unspecified atom stereocenters. The third kappa shape index (κ3) is 3.53. The smallest absolute Gasteiger partial charge is 0.0954 e. The minimum Gasteiger partial charge on any atom is -0.317 e. The topological polar surface area (TPSA) is 24.9 Å². The molecule has 2 nitrogen and oxygen atoms in total. The lowest BCUT2D eigenvalue weighted by molar-refractivity contribution is 0.489. The van der Waals surface area contributed by atoms with E-state index < -0.39 is 0 Å². The van der Waals surface area contributed by atoms with Crippen LogP contribution in [0.4, 0.5) is 0 Å². The van der Waals surface area contributed by atoms with Crippen LogP contribution in [-0.2, 0) is 6.42 Å². The summed E-state index contributed by atoms with van der Waals surface area (Å²) < 4.78 is 1.30. The van der Waals surface area contributed by atoms with E-state index in [9.17, 15) is 0 Å². The van der Waals surface area contributed by atoms with E-state index in [1.54, 1.807) is 0 Å². The van der Waals surface area contributed by atoms with Crippen molar-refractivity contribution >= 4 is 21.6 Å². The fourth-order valence-corrected chi connectivity index (χ4v) is 3.25. The molecule has 0 fully saturated rings. The number of nitrogens with zero attached hydrogens (tertiary/aromatic N) is 1. The van der Waals surface area contributed by atoms with Crippen LogP contribution in [0.25, 0.3) is 10.2 Å². The second-order valence-corrected chi connectivity index (χ2v) is 5.88. The molecule has 3 heteroatoms. The van der Waals surface area contributed by atoms with Crippen molar-refractivity contribution in [2.75, 3.05) is 7.05 Å². The van der Waals surface area contributed by atoms with Crippen molar-refractivity contribution in [1.82, 2.24) is 10.3 Å². The summed E-state index contributed by atoms with van der Waals surface area (Å²) >= 11 is 1.83. The maximum Gasteiger partial charge on any atom is 0.0954 e. The number of thiazole rings is 1. The summed E-state index contributed by atoms with van der Waals surface area (Å²) in [6.07, 6.45) is 6.24. The maximum atomic E-state index is 4.71. The highest BCUT2D eigenvalue weighted by atomic mass is 32.1. The number of unbranched alkanes of at least 4 members (excludes halogenated alkanes) is 2. The van der Waals surface area contributed by atoms with Gasteiger partial charge in [0.15, 0.2) is 0 Å². The van der Waals surface area contributed by atoms with Gasteiger partial charge in [0.25, 0.3) is 0 Å². The van der Waals surface area contributed by atoms with Crippen LogP contribution in [0.5, 0.6) is 0 Å². The van der Waals surface area contributed by atoms with Crippen molar-refractivity contribution in [3.05, 3.63) is 29.3 Å². The van der Waals surface area contributed by atoms with Crippen LogP contribution in [0.2, 0.25) is 0 Å². The van der Waals surface area contributed by atoms with E-state index in [-0.39, 0.29) is 0 Å². The van der Waals surface area contributed by atoms with Gasteiger partial charge < -0.3 is 5.32 Å². The van der Waals surface area contributed by atoms with Crippen molar-refractivity contribution in [1.29, 1.82) is 0 Å². The van der Waals surface area contributed by atoms with Gasteiger partial charge in [-0.2, -0.15) is 0 Å². The highest BCUT2D eigenvalue weighted by Gasteiger charge is 2.10. The summed E-state index contributed by atoms with van der Waals surface area (Å²) in [6, 6.07) is 8.96. The van der Waals surface area contributed by atoms with Crippen molar-refractivity contribution in [3.8, 4) is 0 Å². The molecule has 1 aromatic carbocycles. The molecule has 0 radical (unpaired) electrons. The predicted octanol–water partition coefficient (Wildman–Crippen LogP) is 4.01. The summed E-state index contributed by atoms with van der Waals surface area (Å²) in [4.78, 5) is 4.71. The van der Waals surface area contributed by atoms with Crippen LogP contribution in [0.3, 0.4) is 0 Å². The number of likely N-dealkylation sites (N-methyl/N-ethyl adjacent to an activating group) is 1. The number of para-hydroxylation sites is 1. The molecule has 0 aliphatic carbocycles. The van der Waals surface area contributed by atoms with Gasteiger partial charge in [0.2, 0.25) is 0 Å². The normalized spacial score (nSPS) is 13.0. The summed E-state index contributed by atoms with van der Waals surface area (Å²) in [5.41, 5.74) is 1.14. The van der Waals surface area contributed by atoms with Crippen LogP contribution in [0, 0.1) is 0 Å². The Morgan fingerprint density at radius 3 is 2.83 bits per heavy atom. The molecule has 0 aliphatic rings. The number of hydrogen-bond donors (Lipinski definition) is 1. The average Bonchev–Trinajstić information content (AvgIpc) is 2.80. The van der Waals surface area contributed by atoms with Gasteiger partial charge >= 0.3 is 0 Å².